The highest BCUT2D eigenvalue weighted by atomic mass is 19.4. The van der Waals surface area contributed by atoms with E-state index >= 15 is 0 Å². The van der Waals surface area contributed by atoms with E-state index in [-0.39, 0.29) is 30.3 Å². The van der Waals surface area contributed by atoms with Gasteiger partial charge >= 0.3 is 24.2 Å². The van der Waals surface area contributed by atoms with Gasteiger partial charge in [-0.2, -0.15) is 13.2 Å². The molecule has 190 valence electrons. The predicted molar refractivity (Wildman–Crippen MR) is 105 cm³/mol. The van der Waals surface area contributed by atoms with Crippen molar-refractivity contribution >= 4 is 23.7 Å². The fraction of sp³-hybridized carbons (Fsp3) is 0.500. The SMILES string of the molecule is CC(OC(=O)NCCCC[C@H](N)C(=O)O)c1cc2c(cc1[N+](=O)[O-])OCO2.O=C(O)C(F)(F)F. The number of carboxylic acids is 2. The van der Waals surface area contributed by atoms with E-state index < -0.39 is 41.3 Å². The molecule has 0 aliphatic carbocycles. The third-order valence-corrected chi connectivity index (χ3v) is 4.21. The van der Waals surface area contributed by atoms with Crippen LogP contribution in [0.5, 0.6) is 11.5 Å². The molecule has 2 rings (SSSR count). The first kappa shape index (κ1) is 28.2. The molecule has 1 aromatic rings. The van der Waals surface area contributed by atoms with Crippen molar-refractivity contribution in [1.29, 1.82) is 0 Å². The average molecular weight is 497 g/mol. The van der Waals surface area contributed by atoms with Crippen LogP contribution >= 0.6 is 0 Å². The number of carbonyl (C=O) groups is 3. The lowest BCUT2D eigenvalue weighted by Gasteiger charge is -2.15. The van der Waals surface area contributed by atoms with Crippen LogP contribution in [0.25, 0.3) is 0 Å². The first-order valence-corrected chi connectivity index (χ1v) is 9.55. The molecule has 0 radical (unpaired) electrons. The molecular formula is C18H22F3N3O10. The standard InChI is InChI=1S/C16H21N3O8.C2HF3O2/c1-9(27-16(22)18-5-3-2-4-11(17)15(20)21)10-6-13-14(26-8-25-13)7-12(10)19(23)24;3-2(4,5)1(6)7/h6-7,9,11H,2-5,8,17H2,1H3,(H,18,22)(H,20,21);(H,6,7)/t9?,11-;/m0./s1. The van der Waals surface area contributed by atoms with Gasteiger partial charge in [-0.15, -0.1) is 0 Å². The van der Waals surface area contributed by atoms with Gasteiger partial charge < -0.3 is 35.5 Å². The van der Waals surface area contributed by atoms with Gasteiger partial charge in [0.2, 0.25) is 6.79 Å². The number of benzene rings is 1. The van der Waals surface area contributed by atoms with E-state index in [1.54, 1.807) is 0 Å². The van der Waals surface area contributed by atoms with Crippen LogP contribution in [-0.4, -0.2) is 58.7 Å². The molecule has 5 N–H and O–H groups in total. The molecule has 1 amide bonds. The summed E-state index contributed by atoms with van der Waals surface area (Å²) in [6, 6.07) is 1.73. The molecule has 1 aliphatic rings. The van der Waals surface area contributed by atoms with E-state index in [9.17, 15) is 32.9 Å². The number of aliphatic carboxylic acids is 2. The lowest BCUT2D eigenvalue weighted by atomic mass is 10.1. The van der Waals surface area contributed by atoms with Gasteiger partial charge in [0, 0.05) is 6.54 Å². The lowest BCUT2D eigenvalue weighted by molar-refractivity contribution is -0.386. The van der Waals surface area contributed by atoms with Gasteiger partial charge in [0.1, 0.15) is 12.1 Å². The molecule has 34 heavy (non-hydrogen) atoms. The molecule has 0 saturated carbocycles. The summed E-state index contributed by atoms with van der Waals surface area (Å²) in [7, 11) is 0. The van der Waals surface area contributed by atoms with Crippen molar-refractivity contribution in [2.45, 2.75) is 44.5 Å². The highest BCUT2D eigenvalue weighted by Gasteiger charge is 2.38. The monoisotopic (exact) mass is 497 g/mol. The van der Waals surface area contributed by atoms with Crippen molar-refractivity contribution in [2.24, 2.45) is 5.73 Å². The van der Waals surface area contributed by atoms with Crippen LogP contribution in [0.4, 0.5) is 23.7 Å². The number of hydrogen-bond acceptors (Lipinski definition) is 9. The van der Waals surface area contributed by atoms with Crippen molar-refractivity contribution in [2.75, 3.05) is 13.3 Å². The zero-order valence-corrected chi connectivity index (χ0v) is 17.7. The average Bonchev–Trinajstić information content (AvgIpc) is 3.19. The number of alkyl halides is 3. The Morgan fingerprint density at radius 3 is 2.29 bits per heavy atom. The molecule has 0 saturated heterocycles. The van der Waals surface area contributed by atoms with Crippen LogP contribution in [-0.2, 0) is 14.3 Å². The third-order valence-electron chi connectivity index (χ3n) is 4.21. The number of carboxylic acid groups (broad SMARTS) is 2. The minimum absolute atomic E-state index is 0.0306. The van der Waals surface area contributed by atoms with Crippen LogP contribution < -0.4 is 20.5 Å². The number of nitrogens with one attached hydrogen (secondary N) is 1. The predicted octanol–water partition coefficient (Wildman–Crippen LogP) is 2.33. The highest BCUT2D eigenvalue weighted by Crippen LogP contribution is 2.40. The Hall–Kier alpha value is -3.82. The van der Waals surface area contributed by atoms with Gasteiger partial charge in [-0.05, 0) is 32.3 Å². The van der Waals surface area contributed by atoms with Crippen LogP contribution in [0, 0.1) is 10.1 Å². The summed E-state index contributed by atoms with van der Waals surface area (Å²) >= 11 is 0. The van der Waals surface area contributed by atoms with Crippen molar-refractivity contribution < 1.29 is 56.9 Å². The second-order valence-electron chi connectivity index (χ2n) is 6.74. The second kappa shape index (κ2) is 12.4. The number of fused-ring (bicyclic) bond motifs is 1. The van der Waals surface area contributed by atoms with E-state index in [1.165, 1.54) is 19.1 Å². The maximum atomic E-state index is 11.9. The molecule has 0 spiro atoms. The van der Waals surface area contributed by atoms with E-state index in [2.05, 4.69) is 5.32 Å². The topological polar surface area (TPSA) is 201 Å². The molecule has 1 aromatic carbocycles. The number of amides is 1. The van der Waals surface area contributed by atoms with Gasteiger partial charge in [-0.25, -0.2) is 9.59 Å². The number of alkyl carbamates (subject to hydrolysis) is 1. The van der Waals surface area contributed by atoms with Gasteiger partial charge in [0.25, 0.3) is 5.69 Å². The Balaban J connectivity index is 0.000000718. The van der Waals surface area contributed by atoms with Gasteiger partial charge in [-0.1, -0.05) is 0 Å². The van der Waals surface area contributed by atoms with Crippen molar-refractivity contribution in [3.05, 3.63) is 27.8 Å². The zero-order valence-electron chi connectivity index (χ0n) is 17.7. The van der Waals surface area contributed by atoms with Crippen molar-refractivity contribution in [3.63, 3.8) is 0 Å². The molecule has 1 heterocycles. The minimum atomic E-state index is -5.08. The Morgan fingerprint density at radius 2 is 1.79 bits per heavy atom. The molecule has 0 bridgehead atoms. The fourth-order valence-electron chi connectivity index (χ4n) is 2.50. The quantitative estimate of drug-likeness (QED) is 0.222. The molecule has 16 heteroatoms. The number of hydrogen-bond donors (Lipinski definition) is 4. The van der Waals surface area contributed by atoms with E-state index in [0.29, 0.717) is 25.0 Å². The summed E-state index contributed by atoms with van der Waals surface area (Å²) in [6.07, 6.45) is -5.37. The second-order valence-corrected chi connectivity index (χ2v) is 6.74. The van der Waals surface area contributed by atoms with Gasteiger partial charge in [0.15, 0.2) is 11.5 Å². The van der Waals surface area contributed by atoms with E-state index in [4.69, 9.17) is 35.0 Å². The van der Waals surface area contributed by atoms with E-state index in [1.807, 2.05) is 0 Å². The Bertz CT molecular complexity index is 910. The Morgan fingerprint density at radius 1 is 1.24 bits per heavy atom. The molecule has 0 aromatic heterocycles. The number of ether oxygens (including phenoxy) is 3. The lowest BCUT2D eigenvalue weighted by Crippen LogP contribution is -2.30. The summed E-state index contributed by atoms with van der Waals surface area (Å²) in [6.45, 7) is 1.74. The highest BCUT2D eigenvalue weighted by molar-refractivity contribution is 5.73. The first-order valence-electron chi connectivity index (χ1n) is 9.55. The van der Waals surface area contributed by atoms with Gasteiger partial charge in [-0.3, -0.25) is 14.9 Å². The molecule has 2 atom stereocenters. The normalized spacial score (nSPS) is 13.7. The Labute approximate surface area is 189 Å². The van der Waals surface area contributed by atoms with Crippen molar-refractivity contribution in [3.8, 4) is 11.5 Å². The smallest absolute Gasteiger partial charge is 0.480 e. The fourth-order valence-corrected chi connectivity index (χ4v) is 2.50. The Kier molecular flexibility index (Phi) is 10.3. The summed E-state index contributed by atoms with van der Waals surface area (Å²) < 4.78 is 47.2. The van der Waals surface area contributed by atoms with Crippen molar-refractivity contribution in [1.82, 2.24) is 5.32 Å². The molecule has 13 nitrogen and oxygen atoms in total. The largest absolute Gasteiger partial charge is 0.490 e. The summed E-state index contributed by atoms with van der Waals surface area (Å²) in [4.78, 5) is 42.0. The minimum Gasteiger partial charge on any atom is -0.480 e. The number of nitrogens with zero attached hydrogens (tertiary/aromatic N) is 1. The van der Waals surface area contributed by atoms with Crippen LogP contribution in [0.2, 0.25) is 0 Å². The number of rotatable bonds is 9. The maximum Gasteiger partial charge on any atom is 0.490 e. The van der Waals surface area contributed by atoms with Crippen LogP contribution in [0.15, 0.2) is 12.1 Å². The van der Waals surface area contributed by atoms with Crippen LogP contribution in [0.3, 0.4) is 0 Å². The number of unbranched alkanes of at least 4 members (excludes halogenated alkanes) is 1. The number of nitro benzene ring substituents is 1. The molecule has 1 unspecified atom stereocenters. The van der Waals surface area contributed by atoms with Gasteiger partial charge in [0.05, 0.1) is 16.6 Å². The maximum absolute atomic E-state index is 11.9. The first-order chi connectivity index (χ1) is 15.7. The van der Waals surface area contributed by atoms with E-state index in [0.717, 1.165) is 0 Å². The number of nitro groups is 1. The summed E-state index contributed by atoms with van der Waals surface area (Å²) in [5, 5.41) is 29.6. The summed E-state index contributed by atoms with van der Waals surface area (Å²) in [5.41, 5.74) is 5.33. The number of carbonyl (C=O) groups excluding carboxylic acids is 1. The molecular weight excluding hydrogens is 475 g/mol. The number of nitrogens with two attached hydrogens (primary N) is 1. The summed E-state index contributed by atoms with van der Waals surface area (Å²) in [5.74, 6) is -3.21. The van der Waals surface area contributed by atoms with Crippen LogP contribution in [0.1, 0.15) is 37.9 Å². The number of halogens is 3. The molecule has 0 fully saturated rings. The molecule has 1 aliphatic heterocycles. The zero-order chi connectivity index (χ0) is 26.1. The third kappa shape index (κ3) is 8.97.